The van der Waals surface area contributed by atoms with Crippen molar-refractivity contribution in [3.8, 4) is 90.6 Å². The highest BCUT2D eigenvalue weighted by Crippen LogP contribution is 2.37. The van der Waals surface area contributed by atoms with Crippen LogP contribution in [0.4, 0.5) is 0 Å². The van der Waals surface area contributed by atoms with Gasteiger partial charge in [0.1, 0.15) is 0 Å². The first kappa shape index (κ1) is 36.6. The molecule has 9 aromatic carbocycles. The van der Waals surface area contributed by atoms with Crippen molar-refractivity contribution in [2.24, 2.45) is 0 Å². The van der Waals surface area contributed by atoms with Gasteiger partial charge in [-0.15, -0.1) is 0 Å². The van der Waals surface area contributed by atoms with E-state index in [1.165, 1.54) is 0 Å². The van der Waals surface area contributed by atoms with Gasteiger partial charge in [0.25, 0.3) is 0 Å². The van der Waals surface area contributed by atoms with Crippen LogP contribution in [0.2, 0.25) is 0 Å². The van der Waals surface area contributed by atoms with Crippen molar-refractivity contribution in [3.63, 3.8) is 0 Å². The summed E-state index contributed by atoms with van der Waals surface area (Å²) in [5.74, 6) is 3.68. The first-order valence-corrected chi connectivity index (χ1v) is 20.6. The Morgan fingerprint density at radius 1 is 0.194 bits per heavy atom. The summed E-state index contributed by atoms with van der Waals surface area (Å²) in [7, 11) is 0. The van der Waals surface area contributed by atoms with Crippen molar-refractivity contribution in [1.82, 2.24) is 29.9 Å². The van der Waals surface area contributed by atoms with Crippen LogP contribution in [-0.4, -0.2) is 29.9 Å². The van der Waals surface area contributed by atoms with Crippen LogP contribution in [0.3, 0.4) is 0 Å². The van der Waals surface area contributed by atoms with Gasteiger partial charge in [0.05, 0.1) is 0 Å². The maximum absolute atomic E-state index is 5.22. The molecule has 0 saturated carbocycles. The van der Waals surface area contributed by atoms with Crippen LogP contribution in [0, 0.1) is 0 Å². The number of rotatable bonds is 8. The molecule has 6 heteroatoms. The van der Waals surface area contributed by atoms with E-state index in [2.05, 4.69) is 146 Å². The molecule has 0 aliphatic heterocycles. The maximum Gasteiger partial charge on any atom is 0.164 e. The van der Waals surface area contributed by atoms with E-state index >= 15 is 0 Å². The van der Waals surface area contributed by atoms with Gasteiger partial charge in [0.2, 0.25) is 0 Å². The average Bonchev–Trinajstić information content (AvgIpc) is 3.36. The molecule has 0 bridgehead atoms. The zero-order valence-corrected chi connectivity index (χ0v) is 33.5. The van der Waals surface area contributed by atoms with E-state index in [9.17, 15) is 0 Å². The molecule has 0 aliphatic rings. The lowest BCUT2D eigenvalue weighted by Crippen LogP contribution is -2.01. The summed E-state index contributed by atoms with van der Waals surface area (Å²) in [6.45, 7) is 0. The van der Waals surface area contributed by atoms with Crippen LogP contribution in [0.1, 0.15) is 0 Å². The summed E-state index contributed by atoms with van der Waals surface area (Å²) < 4.78 is 0. The van der Waals surface area contributed by atoms with Gasteiger partial charge in [-0.1, -0.05) is 200 Å². The Labute approximate surface area is 359 Å². The molecule has 0 fully saturated rings. The van der Waals surface area contributed by atoms with Crippen LogP contribution in [0.5, 0.6) is 0 Å². The molecule has 0 unspecified atom stereocenters. The van der Waals surface area contributed by atoms with E-state index in [4.69, 9.17) is 29.9 Å². The highest BCUT2D eigenvalue weighted by molar-refractivity contribution is 6.04. The van der Waals surface area contributed by atoms with Gasteiger partial charge >= 0.3 is 0 Å². The molecule has 6 nitrogen and oxygen atoms in total. The fraction of sp³-hybridized carbons (Fsp3) is 0. The highest BCUT2D eigenvalue weighted by Gasteiger charge is 2.18. The fourth-order valence-corrected chi connectivity index (χ4v) is 8.02. The second-order valence-corrected chi connectivity index (χ2v) is 15.1. The molecule has 0 amide bonds. The van der Waals surface area contributed by atoms with Crippen molar-refractivity contribution < 1.29 is 0 Å². The van der Waals surface area contributed by atoms with Crippen molar-refractivity contribution in [2.45, 2.75) is 0 Å². The number of aromatic nitrogens is 6. The van der Waals surface area contributed by atoms with Gasteiger partial charge < -0.3 is 0 Å². The maximum atomic E-state index is 5.22. The minimum absolute atomic E-state index is 0.594. The minimum atomic E-state index is 0.594. The quantitative estimate of drug-likeness (QED) is 0.152. The Kier molecular flexibility index (Phi) is 9.41. The standard InChI is InChI=1S/C56H36N6/c1-5-15-37(16-6-1)38-25-27-42(28-26-38)53-60-55(62-56(61-53)50-34-33-47(39-17-7-2-8-18-39)48-23-13-14-24-49(48)50)46-32-30-43-35-45(31-29-44(43)36-46)54-58-51(40-19-9-3-10-20-40)57-52(59-54)41-21-11-4-12-22-41/h1-36H. The molecule has 0 spiro atoms. The number of benzene rings is 9. The van der Waals surface area contributed by atoms with Crippen LogP contribution in [0.25, 0.3) is 112 Å². The normalized spacial score (nSPS) is 11.2. The topological polar surface area (TPSA) is 77.3 Å². The third kappa shape index (κ3) is 7.16. The van der Waals surface area contributed by atoms with Crippen LogP contribution in [0.15, 0.2) is 218 Å². The summed E-state index contributed by atoms with van der Waals surface area (Å²) in [5, 5.41) is 4.30. The number of fused-ring (bicyclic) bond motifs is 2. The molecule has 0 atom stereocenters. The molecular formula is C56H36N6. The average molecular weight is 793 g/mol. The molecule has 0 saturated heterocycles. The molecule has 2 heterocycles. The molecule has 0 aliphatic carbocycles. The Balaban J connectivity index is 1.02. The Hall–Kier alpha value is -8.48. The summed E-state index contributed by atoms with van der Waals surface area (Å²) in [6, 6.07) is 74.9. The fourth-order valence-electron chi connectivity index (χ4n) is 8.02. The van der Waals surface area contributed by atoms with Gasteiger partial charge in [-0.05, 0) is 62.0 Å². The van der Waals surface area contributed by atoms with Crippen LogP contribution >= 0.6 is 0 Å². The molecular weight excluding hydrogens is 757 g/mol. The summed E-state index contributed by atoms with van der Waals surface area (Å²) in [5.41, 5.74) is 10.1. The molecule has 2 aromatic heterocycles. The van der Waals surface area contributed by atoms with E-state index in [-0.39, 0.29) is 0 Å². The lowest BCUT2D eigenvalue weighted by molar-refractivity contribution is 1.07. The molecule has 62 heavy (non-hydrogen) atoms. The lowest BCUT2D eigenvalue weighted by Gasteiger charge is -2.13. The van der Waals surface area contributed by atoms with Gasteiger partial charge in [-0.2, -0.15) is 0 Å². The van der Waals surface area contributed by atoms with Gasteiger partial charge in [-0.25, -0.2) is 29.9 Å². The first-order chi connectivity index (χ1) is 30.7. The summed E-state index contributed by atoms with van der Waals surface area (Å²) in [6.07, 6.45) is 0. The monoisotopic (exact) mass is 792 g/mol. The van der Waals surface area contributed by atoms with E-state index < -0.39 is 0 Å². The third-order valence-corrected chi connectivity index (χ3v) is 11.2. The predicted octanol–water partition coefficient (Wildman–Crippen LogP) is 13.7. The smallest absolute Gasteiger partial charge is 0.164 e. The van der Waals surface area contributed by atoms with E-state index in [1.54, 1.807) is 0 Å². The zero-order chi connectivity index (χ0) is 41.2. The van der Waals surface area contributed by atoms with Crippen molar-refractivity contribution >= 4 is 21.5 Å². The van der Waals surface area contributed by atoms with Crippen LogP contribution < -0.4 is 0 Å². The highest BCUT2D eigenvalue weighted by atomic mass is 15.0. The number of hydrogen-bond donors (Lipinski definition) is 0. The predicted molar refractivity (Wildman–Crippen MR) is 252 cm³/mol. The molecule has 0 radical (unpaired) electrons. The van der Waals surface area contributed by atoms with Gasteiger partial charge in [-0.3, -0.25) is 0 Å². The van der Waals surface area contributed by atoms with Crippen LogP contribution in [-0.2, 0) is 0 Å². The summed E-state index contributed by atoms with van der Waals surface area (Å²) >= 11 is 0. The third-order valence-electron chi connectivity index (χ3n) is 11.2. The molecule has 11 aromatic rings. The Morgan fingerprint density at radius 3 is 0.984 bits per heavy atom. The minimum Gasteiger partial charge on any atom is -0.208 e. The largest absolute Gasteiger partial charge is 0.208 e. The lowest BCUT2D eigenvalue weighted by atomic mass is 9.94. The van der Waals surface area contributed by atoms with E-state index in [0.717, 1.165) is 77.2 Å². The van der Waals surface area contributed by atoms with E-state index in [1.807, 2.05) is 72.8 Å². The van der Waals surface area contributed by atoms with Crippen molar-refractivity contribution in [3.05, 3.63) is 218 Å². The summed E-state index contributed by atoms with van der Waals surface area (Å²) in [4.78, 5) is 30.4. The second kappa shape index (κ2) is 15.9. The second-order valence-electron chi connectivity index (χ2n) is 15.1. The number of nitrogens with zero attached hydrogens (tertiary/aromatic N) is 6. The Morgan fingerprint density at radius 2 is 0.500 bits per heavy atom. The zero-order valence-electron chi connectivity index (χ0n) is 33.5. The van der Waals surface area contributed by atoms with Crippen molar-refractivity contribution in [2.75, 3.05) is 0 Å². The first-order valence-electron chi connectivity index (χ1n) is 20.6. The number of hydrogen-bond acceptors (Lipinski definition) is 6. The van der Waals surface area contributed by atoms with E-state index in [0.29, 0.717) is 34.9 Å². The van der Waals surface area contributed by atoms with Gasteiger partial charge in [0, 0.05) is 33.4 Å². The SMILES string of the molecule is c1ccc(-c2ccc(-c3nc(-c4ccc5cc(-c6nc(-c7ccccc7)nc(-c7ccccc7)n6)ccc5c4)nc(-c4ccc(-c5ccccc5)c5ccccc45)n3)cc2)cc1. The van der Waals surface area contributed by atoms with Gasteiger partial charge in [0.15, 0.2) is 34.9 Å². The Bertz CT molecular complexity index is 3320. The molecule has 11 rings (SSSR count). The molecule has 0 N–H and O–H groups in total. The van der Waals surface area contributed by atoms with Crippen molar-refractivity contribution in [1.29, 1.82) is 0 Å². The molecule has 290 valence electrons.